The first-order valence-corrected chi connectivity index (χ1v) is 9.20. The van der Waals surface area contributed by atoms with Crippen LogP contribution in [0.4, 0.5) is 0 Å². The second-order valence-corrected chi connectivity index (χ2v) is 7.02. The zero-order chi connectivity index (χ0) is 16.5. The second kappa shape index (κ2) is 7.56. The van der Waals surface area contributed by atoms with Gasteiger partial charge in [-0.2, -0.15) is 0 Å². The molecule has 0 radical (unpaired) electrons. The highest BCUT2D eigenvalue weighted by atomic mass is 79.9. The number of ether oxygens (including phenoxy) is 2. The maximum absolute atomic E-state index is 5.48. The molecule has 0 amide bonds. The molecule has 0 spiro atoms. The van der Waals surface area contributed by atoms with Gasteiger partial charge in [0, 0.05) is 32.0 Å². The lowest BCUT2D eigenvalue weighted by atomic mass is 10.1. The SMILES string of the molecule is Br.COc1ccc(OC)c(-c2csc(-c3csc4ccccc34)n2)c1. The van der Waals surface area contributed by atoms with Crippen LogP contribution in [0.5, 0.6) is 11.5 Å². The summed E-state index contributed by atoms with van der Waals surface area (Å²) in [5.74, 6) is 1.59. The molecule has 128 valence electrons. The van der Waals surface area contributed by atoms with Crippen molar-refractivity contribution in [3.8, 4) is 33.3 Å². The summed E-state index contributed by atoms with van der Waals surface area (Å²) in [6.45, 7) is 0. The Morgan fingerprint density at radius 3 is 2.52 bits per heavy atom. The molecule has 4 aromatic rings. The Labute approximate surface area is 164 Å². The van der Waals surface area contributed by atoms with Gasteiger partial charge in [0.1, 0.15) is 16.5 Å². The molecule has 0 bridgehead atoms. The number of fused-ring (bicyclic) bond motifs is 1. The van der Waals surface area contributed by atoms with Gasteiger partial charge in [-0.15, -0.1) is 39.7 Å². The van der Waals surface area contributed by atoms with E-state index in [2.05, 4.69) is 35.0 Å². The third-order valence-electron chi connectivity index (χ3n) is 3.90. The van der Waals surface area contributed by atoms with E-state index in [1.54, 1.807) is 36.9 Å². The van der Waals surface area contributed by atoms with E-state index in [4.69, 9.17) is 14.5 Å². The van der Waals surface area contributed by atoms with Gasteiger partial charge in [-0.1, -0.05) is 18.2 Å². The fourth-order valence-electron chi connectivity index (χ4n) is 2.68. The van der Waals surface area contributed by atoms with Crippen molar-refractivity contribution in [3.63, 3.8) is 0 Å². The number of hydrogen-bond donors (Lipinski definition) is 0. The number of benzene rings is 2. The monoisotopic (exact) mass is 433 g/mol. The summed E-state index contributed by atoms with van der Waals surface area (Å²) < 4.78 is 12.1. The van der Waals surface area contributed by atoms with E-state index in [0.717, 1.165) is 27.8 Å². The highest BCUT2D eigenvalue weighted by Crippen LogP contribution is 2.39. The Morgan fingerprint density at radius 2 is 1.72 bits per heavy atom. The van der Waals surface area contributed by atoms with Crippen LogP contribution in [0.25, 0.3) is 31.9 Å². The van der Waals surface area contributed by atoms with Crippen molar-refractivity contribution in [2.24, 2.45) is 0 Å². The molecule has 0 N–H and O–H groups in total. The summed E-state index contributed by atoms with van der Waals surface area (Å²) in [5.41, 5.74) is 3.04. The van der Waals surface area contributed by atoms with Gasteiger partial charge in [-0.05, 0) is 24.3 Å². The molecule has 0 atom stereocenters. The lowest BCUT2D eigenvalue weighted by molar-refractivity contribution is 0.404. The number of thiazole rings is 1. The van der Waals surface area contributed by atoms with Crippen molar-refractivity contribution in [2.45, 2.75) is 0 Å². The predicted octanol–water partition coefficient (Wildman–Crippen LogP) is 6.29. The Morgan fingerprint density at radius 1 is 0.880 bits per heavy atom. The van der Waals surface area contributed by atoms with Crippen LogP contribution < -0.4 is 9.47 Å². The van der Waals surface area contributed by atoms with Gasteiger partial charge in [0.2, 0.25) is 0 Å². The van der Waals surface area contributed by atoms with Gasteiger partial charge in [0.05, 0.1) is 19.9 Å². The van der Waals surface area contributed by atoms with E-state index in [0.29, 0.717) is 0 Å². The van der Waals surface area contributed by atoms with Crippen LogP contribution >= 0.6 is 39.7 Å². The Hall–Kier alpha value is -1.89. The van der Waals surface area contributed by atoms with E-state index < -0.39 is 0 Å². The molecule has 0 saturated carbocycles. The van der Waals surface area contributed by atoms with E-state index in [1.165, 1.54) is 15.6 Å². The van der Waals surface area contributed by atoms with Gasteiger partial charge in [0.25, 0.3) is 0 Å². The van der Waals surface area contributed by atoms with Crippen molar-refractivity contribution in [1.82, 2.24) is 4.98 Å². The van der Waals surface area contributed by atoms with Crippen LogP contribution in [0.1, 0.15) is 0 Å². The molecular formula is C19H16BrNO2S2. The Kier molecular flexibility index (Phi) is 5.42. The molecular weight excluding hydrogens is 418 g/mol. The van der Waals surface area contributed by atoms with Crippen LogP contribution in [0.15, 0.2) is 53.2 Å². The van der Waals surface area contributed by atoms with Crippen molar-refractivity contribution in [2.75, 3.05) is 14.2 Å². The summed E-state index contributed by atoms with van der Waals surface area (Å²) in [6.07, 6.45) is 0. The molecule has 2 aromatic heterocycles. The average molecular weight is 434 g/mol. The summed E-state index contributed by atoms with van der Waals surface area (Å²) in [6, 6.07) is 14.2. The summed E-state index contributed by atoms with van der Waals surface area (Å²) in [5, 5.41) is 6.52. The minimum atomic E-state index is 0. The van der Waals surface area contributed by atoms with Crippen LogP contribution in [0.2, 0.25) is 0 Å². The minimum absolute atomic E-state index is 0. The molecule has 2 heterocycles. The largest absolute Gasteiger partial charge is 0.497 e. The van der Waals surface area contributed by atoms with Crippen LogP contribution in [0, 0.1) is 0 Å². The Bertz CT molecular complexity index is 1010. The number of hydrogen-bond acceptors (Lipinski definition) is 5. The molecule has 0 unspecified atom stereocenters. The number of thiophene rings is 1. The van der Waals surface area contributed by atoms with Crippen molar-refractivity contribution in [3.05, 3.63) is 53.2 Å². The molecule has 2 aromatic carbocycles. The third-order valence-corrected chi connectivity index (χ3v) is 5.74. The standard InChI is InChI=1S/C19H15NO2S2.BrH/c1-21-12-7-8-17(22-2)14(9-12)16-11-24-19(20-16)15-10-23-18-6-4-3-5-13(15)18;/h3-11H,1-2H3;1H. The van der Waals surface area contributed by atoms with Gasteiger partial charge < -0.3 is 9.47 Å². The minimum Gasteiger partial charge on any atom is -0.497 e. The zero-order valence-corrected chi connectivity index (χ0v) is 17.0. The number of nitrogens with zero attached hydrogens (tertiary/aromatic N) is 1. The molecule has 6 heteroatoms. The van der Waals surface area contributed by atoms with E-state index in [-0.39, 0.29) is 17.0 Å². The van der Waals surface area contributed by atoms with Gasteiger partial charge in [-0.3, -0.25) is 0 Å². The first-order chi connectivity index (χ1) is 11.8. The highest BCUT2D eigenvalue weighted by Gasteiger charge is 2.14. The average Bonchev–Trinajstić information content (AvgIpc) is 3.27. The van der Waals surface area contributed by atoms with Crippen LogP contribution in [-0.2, 0) is 0 Å². The maximum atomic E-state index is 5.48. The molecule has 0 fully saturated rings. The second-order valence-electron chi connectivity index (χ2n) is 5.25. The Balaban J connectivity index is 0.00000182. The zero-order valence-electron chi connectivity index (χ0n) is 13.7. The molecule has 0 aliphatic rings. The number of halogens is 1. The lowest BCUT2D eigenvalue weighted by Crippen LogP contribution is -1.90. The van der Waals surface area contributed by atoms with E-state index in [1.807, 2.05) is 18.2 Å². The first-order valence-electron chi connectivity index (χ1n) is 7.44. The normalized spacial score (nSPS) is 10.5. The van der Waals surface area contributed by atoms with Crippen LogP contribution in [-0.4, -0.2) is 19.2 Å². The number of methoxy groups -OCH3 is 2. The molecule has 0 aliphatic carbocycles. The third kappa shape index (κ3) is 3.29. The van der Waals surface area contributed by atoms with E-state index in [9.17, 15) is 0 Å². The highest BCUT2D eigenvalue weighted by molar-refractivity contribution is 8.93. The van der Waals surface area contributed by atoms with E-state index >= 15 is 0 Å². The summed E-state index contributed by atoms with van der Waals surface area (Å²) >= 11 is 3.40. The van der Waals surface area contributed by atoms with Gasteiger partial charge >= 0.3 is 0 Å². The number of aromatic nitrogens is 1. The molecule has 4 rings (SSSR count). The maximum Gasteiger partial charge on any atom is 0.128 e. The summed E-state index contributed by atoms with van der Waals surface area (Å²) in [4.78, 5) is 4.85. The fourth-order valence-corrected chi connectivity index (χ4v) is 4.55. The topological polar surface area (TPSA) is 31.4 Å². The smallest absolute Gasteiger partial charge is 0.128 e. The van der Waals surface area contributed by atoms with Crippen molar-refractivity contribution < 1.29 is 9.47 Å². The first kappa shape index (κ1) is 17.9. The summed E-state index contributed by atoms with van der Waals surface area (Å²) in [7, 11) is 3.33. The quantitative estimate of drug-likeness (QED) is 0.379. The van der Waals surface area contributed by atoms with Crippen molar-refractivity contribution >= 4 is 49.7 Å². The van der Waals surface area contributed by atoms with Crippen LogP contribution in [0.3, 0.4) is 0 Å². The van der Waals surface area contributed by atoms with Gasteiger partial charge in [0.15, 0.2) is 0 Å². The molecule has 0 aliphatic heterocycles. The van der Waals surface area contributed by atoms with Gasteiger partial charge in [-0.25, -0.2) is 4.98 Å². The lowest BCUT2D eigenvalue weighted by Gasteiger charge is -2.08. The molecule has 25 heavy (non-hydrogen) atoms. The molecule has 0 saturated heterocycles. The molecule has 3 nitrogen and oxygen atoms in total. The van der Waals surface area contributed by atoms with Crippen molar-refractivity contribution in [1.29, 1.82) is 0 Å². The number of rotatable bonds is 4. The fraction of sp³-hybridized carbons (Fsp3) is 0.105. The predicted molar refractivity (Wildman–Crippen MR) is 112 cm³/mol.